The van der Waals surface area contributed by atoms with Crippen LogP contribution in [0.4, 0.5) is 5.69 Å². The van der Waals surface area contributed by atoms with Crippen molar-refractivity contribution < 1.29 is 4.79 Å². The number of anilines is 1. The van der Waals surface area contributed by atoms with Crippen LogP contribution in [0.3, 0.4) is 0 Å². The third-order valence-corrected chi connectivity index (χ3v) is 6.92. The number of carbonyl (C=O) groups is 1. The Hall–Kier alpha value is -2.55. The molecule has 5 atom stereocenters. The summed E-state index contributed by atoms with van der Waals surface area (Å²) in [7, 11) is 0. The van der Waals surface area contributed by atoms with Gasteiger partial charge in [-0.3, -0.25) is 4.79 Å². The van der Waals surface area contributed by atoms with Gasteiger partial charge < -0.3 is 10.6 Å². The quantitative estimate of drug-likeness (QED) is 0.763. The van der Waals surface area contributed by atoms with Crippen LogP contribution in [0.15, 0.2) is 61.2 Å². The summed E-state index contributed by atoms with van der Waals surface area (Å²) in [5.41, 5.74) is 4.71. The number of benzene rings is 2. The molecule has 2 bridgehead atoms. The second-order valence-corrected chi connectivity index (χ2v) is 8.27. The van der Waals surface area contributed by atoms with Crippen LogP contribution < -0.4 is 10.6 Å². The van der Waals surface area contributed by atoms with Crippen LogP contribution in [-0.2, 0) is 0 Å². The summed E-state index contributed by atoms with van der Waals surface area (Å²) in [4.78, 5) is 12.4. The first-order valence-electron chi connectivity index (χ1n) is 10.1. The smallest absolute Gasteiger partial charge is 0.251 e. The van der Waals surface area contributed by atoms with E-state index in [2.05, 4.69) is 59.7 Å². The minimum atomic E-state index is -0.0115. The van der Waals surface area contributed by atoms with Gasteiger partial charge in [0.25, 0.3) is 5.91 Å². The van der Waals surface area contributed by atoms with Crippen molar-refractivity contribution in [3.05, 3.63) is 77.9 Å². The molecule has 1 aliphatic heterocycles. The fourth-order valence-corrected chi connectivity index (χ4v) is 5.88. The topological polar surface area (TPSA) is 41.1 Å². The Balaban J connectivity index is 1.54. The third-order valence-electron chi connectivity index (χ3n) is 6.92. The van der Waals surface area contributed by atoms with E-state index in [9.17, 15) is 4.79 Å². The van der Waals surface area contributed by atoms with Crippen molar-refractivity contribution in [1.82, 2.24) is 5.32 Å². The van der Waals surface area contributed by atoms with Gasteiger partial charge in [0.2, 0.25) is 0 Å². The van der Waals surface area contributed by atoms with Crippen LogP contribution in [0.25, 0.3) is 0 Å². The van der Waals surface area contributed by atoms with E-state index in [-0.39, 0.29) is 5.91 Å². The van der Waals surface area contributed by atoms with Gasteiger partial charge in [-0.1, -0.05) is 36.4 Å². The molecule has 0 spiro atoms. The summed E-state index contributed by atoms with van der Waals surface area (Å²) >= 11 is 0. The summed E-state index contributed by atoms with van der Waals surface area (Å²) in [5.74, 6) is 2.74. The lowest BCUT2D eigenvalue weighted by atomic mass is 9.68. The molecule has 2 aliphatic carbocycles. The van der Waals surface area contributed by atoms with E-state index >= 15 is 0 Å². The van der Waals surface area contributed by atoms with Crippen molar-refractivity contribution in [2.24, 2.45) is 17.8 Å². The van der Waals surface area contributed by atoms with Crippen molar-refractivity contribution in [1.29, 1.82) is 0 Å². The highest BCUT2D eigenvalue weighted by molar-refractivity contribution is 5.95. The molecule has 0 radical (unpaired) electrons. The molecular weight excluding hydrogens is 332 g/mol. The lowest BCUT2D eigenvalue weighted by molar-refractivity contribution is 0.0957. The molecule has 5 rings (SSSR count). The SMILES string of the molecule is C=CCNC(=O)c1ccc2c(c1)[C@@H]1[C@H]3CC[C@@H](C3)[C@@H]1[C@@H](c1ccccc1)N2. The molecule has 138 valence electrons. The first-order chi connectivity index (χ1) is 13.3. The maximum atomic E-state index is 12.4. The molecule has 3 aliphatic rings. The van der Waals surface area contributed by atoms with Gasteiger partial charge in [-0.05, 0) is 72.3 Å². The number of hydrogen-bond donors (Lipinski definition) is 2. The fourth-order valence-electron chi connectivity index (χ4n) is 5.88. The van der Waals surface area contributed by atoms with Crippen LogP contribution in [-0.4, -0.2) is 12.5 Å². The standard InChI is InChI=1S/C24H26N2O/c1-2-12-25-24(27)18-10-11-20-19(14-18)21-16-8-9-17(13-16)22(21)23(26-20)15-6-4-3-5-7-15/h2-7,10-11,14,16-17,21-23,26H,1,8-9,12-13H2,(H,25,27)/t16-,17-,21-,22-,23+/m0/s1. The lowest BCUT2D eigenvalue weighted by Crippen LogP contribution is -2.35. The Morgan fingerprint density at radius 2 is 1.96 bits per heavy atom. The van der Waals surface area contributed by atoms with Gasteiger partial charge in [-0.25, -0.2) is 0 Å². The van der Waals surface area contributed by atoms with Crippen molar-refractivity contribution in [2.45, 2.75) is 31.2 Å². The number of nitrogens with one attached hydrogen (secondary N) is 2. The molecule has 0 aromatic heterocycles. The van der Waals surface area contributed by atoms with E-state index < -0.39 is 0 Å². The molecule has 1 amide bonds. The zero-order chi connectivity index (χ0) is 18.4. The average Bonchev–Trinajstić information content (AvgIpc) is 3.34. The van der Waals surface area contributed by atoms with E-state index in [0.29, 0.717) is 24.4 Å². The van der Waals surface area contributed by atoms with Gasteiger partial charge in [-0.15, -0.1) is 6.58 Å². The zero-order valence-corrected chi connectivity index (χ0v) is 15.5. The largest absolute Gasteiger partial charge is 0.378 e. The molecule has 3 heteroatoms. The van der Waals surface area contributed by atoms with Crippen LogP contribution in [0.1, 0.15) is 52.7 Å². The van der Waals surface area contributed by atoms with E-state index in [1.165, 1.54) is 36.1 Å². The molecule has 2 saturated carbocycles. The molecule has 2 N–H and O–H groups in total. The number of carbonyl (C=O) groups excluding carboxylic acids is 1. The lowest BCUT2D eigenvalue weighted by Gasteiger charge is -2.43. The summed E-state index contributed by atoms with van der Waals surface area (Å²) < 4.78 is 0. The van der Waals surface area contributed by atoms with Gasteiger partial charge >= 0.3 is 0 Å². The summed E-state index contributed by atoms with van der Waals surface area (Å²) in [6.45, 7) is 4.18. The minimum Gasteiger partial charge on any atom is -0.378 e. The summed E-state index contributed by atoms with van der Waals surface area (Å²) in [6, 6.07) is 17.4. The van der Waals surface area contributed by atoms with Gasteiger partial charge in [0.05, 0.1) is 6.04 Å². The molecule has 2 fully saturated rings. The van der Waals surface area contributed by atoms with Gasteiger partial charge in [0, 0.05) is 17.8 Å². The Kier molecular flexibility index (Phi) is 4.04. The number of amides is 1. The molecule has 0 unspecified atom stereocenters. The van der Waals surface area contributed by atoms with Gasteiger partial charge in [0.15, 0.2) is 0 Å². The van der Waals surface area contributed by atoms with Gasteiger partial charge in [-0.2, -0.15) is 0 Å². The van der Waals surface area contributed by atoms with Crippen molar-refractivity contribution in [3.63, 3.8) is 0 Å². The molecule has 1 heterocycles. The third kappa shape index (κ3) is 2.68. The minimum absolute atomic E-state index is 0.0115. The Labute approximate surface area is 160 Å². The van der Waals surface area contributed by atoms with E-state index in [0.717, 1.165) is 17.4 Å². The normalized spacial score (nSPS) is 30.1. The van der Waals surface area contributed by atoms with Crippen LogP contribution in [0, 0.1) is 17.8 Å². The molecule has 3 nitrogen and oxygen atoms in total. The second-order valence-electron chi connectivity index (χ2n) is 8.27. The van der Waals surface area contributed by atoms with Crippen molar-refractivity contribution in [2.75, 3.05) is 11.9 Å². The Morgan fingerprint density at radius 3 is 2.78 bits per heavy atom. The molecule has 0 saturated heterocycles. The van der Waals surface area contributed by atoms with E-state index in [4.69, 9.17) is 0 Å². The predicted octanol–water partition coefficient (Wildman–Crippen LogP) is 4.90. The maximum Gasteiger partial charge on any atom is 0.251 e. The number of rotatable bonds is 4. The van der Waals surface area contributed by atoms with Gasteiger partial charge in [0.1, 0.15) is 0 Å². The molecular formula is C24H26N2O. The predicted molar refractivity (Wildman–Crippen MR) is 109 cm³/mol. The highest BCUT2D eigenvalue weighted by atomic mass is 16.1. The maximum absolute atomic E-state index is 12.4. The van der Waals surface area contributed by atoms with Crippen LogP contribution in [0.2, 0.25) is 0 Å². The number of hydrogen-bond acceptors (Lipinski definition) is 2. The number of fused-ring (bicyclic) bond motifs is 7. The monoisotopic (exact) mass is 358 g/mol. The van der Waals surface area contributed by atoms with Crippen molar-refractivity contribution >= 4 is 11.6 Å². The highest BCUT2D eigenvalue weighted by Gasteiger charge is 2.53. The summed E-state index contributed by atoms with van der Waals surface area (Å²) in [5, 5.41) is 6.74. The first kappa shape index (κ1) is 16.6. The Bertz CT molecular complexity index is 875. The fraction of sp³-hybridized carbons (Fsp3) is 0.375. The molecule has 2 aromatic rings. The Morgan fingerprint density at radius 1 is 1.15 bits per heavy atom. The summed E-state index contributed by atoms with van der Waals surface area (Å²) in [6.07, 6.45) is 5.74. The van der Waals surface area contributed by atoms with Crippen molar-refractivity contribution in [3.8, 4) is 0 Å². The molecule has 27 heavy (non-hydrogen) atoms. The second kappa shape index (κ2) is 6.56. The molecule has 2 aromatic carbocycles. The van der Waals surface area contributed by atoms with E-state index in [1.807, 2.05) is 6.07 Å². The van der Waals surface area contributed by atoms with Crippen LogP contribution >= 0.6 is 0 Å². The van der Waals surface area contributed by atoms with E-state index in [1.54, 1.807) is 6.08 Å². The van der Waals surface area contributed by atoms with Crippen LogP contribution in [0.5, 0.6) is 0 Å². The first-order valence-corrected chi connectivity index (χ1v) is 10.1. The highest BCUT2D eigenvalue weighted by Crippen LogP contribution is 2.63. The average molecular weight is 358 g/mol. The zero-order valence-electron chi connectivity index (χ0n) is 15.5.